The molecule has 0 amide bonds. The summed E-state index contributed by atoms with van der Waals surface area (Å²) in [6.45, 7) is 4.43. The summed E-state index contributed by atoms with van der Waals surface area (Å²) in [7, 11) is 0. The topological polar surface area (TPSA) is 42.7 Å². The number of hydrogen-bond donors (Lipinski definition) is 1. The van der Waals surface area contributed by atoms with Gasteiger partial charge in [0.15, 0.2) is 0 Å². The molecule has 1 aliphatic heterocycles. The summed E-state index contributed by atoms with van der Waals surface area (Å²) in [4.78, 5) is 4.17. The summed E-state index contributed by atoms with van der Waals surface area (Å²) in [5.41, 5.74) is -1.09. The van der Waals surface area contributed by atoms with E-state index in [-0.39, 0.29) is 0 Å². The molecule has 16 heavy (non-hydrogen) atoms. The number of piperidine rings is 1. The molecule has 90 valence electrons. The summed E-state index contributed by atoms with van der Waals surface area (Å²) < 4.78 is 16.3. The van der Waals surface area contributed by atoms with E-state index in [0.29, 0.717) is 19.3 Å². The third kappa shape index (κ3) is 2.58. The summed E-state index contributed by atoms with van der Waals surface area (Å²) in [5.74, 6) is 0.784. The van der Waals surface area contributed by atoms with Crippen LogP contribution in [0.4, 0.5) is 4.39 Å². The first-order chi connectivity index (χ1) is 7.73. The molecule has 0 unspecified atom stereocenters. The molecule has 2 rings (SSSR count). The van der Waals surface area contributed by atoms with Crippen molar-refractivity contribution in [3.63, 3.8) is 0 Å². The van der Waals surface area contributed by atoms with Crippen molar-refractivity contribution in [3.05, 3.63) is 12.2 Å². The number of halogens is 1. The van der Waals surface area contributed by atoms with Crippen LogP contribution in [-0.4, -0.2) is 33.5 Å². The Hall–Kier alpha value is -0.970. The molecule has 0 radical (unpaired) electrons. The largest absolute Gasteiger partial charge is 0.316 e. The van der Waals surface area contributed by atoms with Crippen LogP contribution in [0.5, 0.6) is 0 Å². The van der Waals surface area contributed by atoms with Crippen LogP contribution in [0, 0.1) is 0 Å². The zero-order valence-corrected chi connectivity index (χ0v) is 9.75. The Morgan fingerprint density at radius 1 is 1.50 bits per heavy atom. The van der Waals surface area contributed by atoms with Gasteiger partial charge in [0.1, 0.15) is 17.8 Å². The minimum atomic E-state index is -1.09. The highest BCUT2D eigenvalue weighted by Crippen LogP contribution is 2.26. The lowest BCUT2D eigenvalue weighted by Gasteiger charge is -2.29. The second-order valence-electron chi connectivity index (χ2n) is 4.48. The number of aryl methyl sites for hydroxylation is 1. The molecule has 0 bridgehead atoms. The van der Waals surface area contributed by atoms with Gasteiger partial charge in [0.2, 0.25) is 0 Å². The summed E-state index contributed by atoms with van der Waals surface area (Å²) >= 11 is 0. The van der Waals surface area contributed by atoms with E-state index in [1.807, 2.05) is 4.68 Å². The molecule has 2 heterocycles. The quantitative estimate of drug-likeness (QED) is 0.842. The summed E-state index contributed by atoms with van der Waals surface area (Å²) in [6.07, 6.45) is 4.07. The van der Waals surface area contributed by atoms with Crippen molar-refractivity contribution < 1.29 is 4.39 Å². The Bertz CT molecular complexity index is 330. The van der Waals surface area contributed by atoms with Crippen LogP contribution in [0.25, 0.3) is 0 Å². The number of hydrogen-bond acceptors (Lipinski definition) is 3. The Balaban J connectivity index is 2.04. The highest BCUT2D eigenvalue weighted by Gasteiger charge is 2.33. The third-order valence-electron chi connectivity index (χ3n) is 3.11. The SMILES string of the molecule is CCCn1ncnc1CC1(F)CCNCC1. The van der Waals surface area contributed by atoms with Gasteiger partial charge in [-0.25, -0.2) is 14.1 Å². The normalized spacial score (nSPS) is 19.9. The lowest BCUT2D eigenvalue weighted by atomic mass is 9.91. The van der Waals surface area contributed by atoms with Crippen LogP contribution in [-0.2, 0) is 13.0 Å². The van der Waals surface area contributed by atoms with E-state index in [1.54, 1.807) is 0 Å². The van der Waals surface area contributed by atoms with Crippen LogP contribution in [0.2, 0.25) is 0 Å². The van der Waals surface area contributed by atoms with Crippen molar-refractivity contribution in [2.75, 3.05) is 13.1 Å². The first kappa shape index (κ1) is 11.5. The number of nitrogens with one attached hydrogen (secondary N) is 1. The van der Waals surface area contributed by atoms with Gasteiger partial charge in [0.25, 0.3) is 0 Å². The Kier molecular flexibility index (Phi) is 3.53. The van der Waals surface area contributed by atoms with E-state index >= 15 is 0 Å². The minimum Gasteiger partial charge on any atom is -0.316 e. The molecular formula is C11H19FN4. The third-order valence-corrected chi connectivity index (χ3v) is 3.11. The van der Waals surface area contributed by atoms with Crippen molar-refractivity contribution in [3.8, 4) is 0 Å². The predicted octanol–water partition coefficient (Wildman–Crippen LogP) is 1.32. The van der Waals surface area contributed by atoms with Crippen LogP contribution in [0.1, 0.15) is 32.0 Å². The second-order valence-corrected chi connectivity index (χ2v) is 4.48. The summed E-state index contributed by atoms with van der Waals surface area (Å²) in [6, 6.07) is 0. The molecule has 1 saturated heterocycles. The molecule has 0 atom stereocenters. The van der Waals surface area contributed by atoms with Gasteiger partial charge >= 0.3 is 0 Å². The van der Waals surface area contributed by atoms with Crippen molar-refractivity contribution in [1.29, 1.82) is 0 Å². The molecule has 0 saturated carbocycles. The molecule has 0 spiro atoms. The molecular weight excluding hydrogens is 207 g/mol. The van der Waals surface area contributed by atoms with Crippen molar-refractivity contribution in [1.82, 2.24) is 20.1 Å². The van der Waals surface area contributed by atoms with Crippen LogP contribution < -0.4 is 5.32 Å². The van der Waals surface area contributed by atoms with E-state index in [2.05, 4.69) is 22.3 Å². The van der Waals surface area contributed by atoms with Gasteiger partial charge in [-0.15, -0.1) is 0 Å². The smallest absolute Gasteiger partial charge is 0.138 e. The van der Waals surface area contributed by atoms with Crippen molar-refractivity contribution in [2.45, 2.75) is 44.8 Å². The maximum Gasteiger partial charge on any atom is 0.138 e. The predicted molar refractivity (Wildman–Crippen MR) is 60.0 cm³/mol. The van der Waals surface area contributed by atoms with Gasteiger partial charge in [-0.05, 0) is 32.4 Å². The lowest BCUT2D eigenvalue weighted by Crippen LogP contribution is -2.40. The number of aromatic nitrogens is 3. The Labute approximate surface area is 95.3 Å². The molecule has 1 aromatic rings. The van der Waals surface area contributed by atoms with Gasteiger partial charge in [-0.1, -0.05) is 6.92 Å². The van der Waals surface area contributed by atoms with Crippen LogP contribution in [0.3, 0.4) is 0 Å². The van der Waals surface area contributed by atoms with Gasteiger partial charge < -0.3 is 5.32 Å². The van der Waals surface area contributed by atoms with Crippen LogP contribution >= 0.6 is 0 Å². The van der Waals surface area contributed by atoms with E-state index in [9.17, 15) is 4.39 Å². The lowest BCUT2D eigenvalue weighted by molar-refractivity contribution is 0.112. The van der Waals surface area contributed by atoms with Gasteiger partial charge in [0.05, 0.1) is 0 Å². The number of nitrogens with zero attached hydrogens (tertiary/aromatic N) is 3. The van der Waals surface area contributed by atoms with Gasteiger partial charge in [-0.2, -0.15) is 5.10 Å². The number of rotatable bonds is 4. The molecule has 0 aliphatic carbocycles. The standard InChI is InChI=1S/C11H19FN4/c1-2-7-16-10(14-9-15-16)8-11(12)3-5-13-6-4-11/h9,13H,2-8H2,1H3. The fourth-order valence-corrected chi connectivity index (χ4v) is 2.16. The Morgan fingerprint density at radius 3 is 2.94 bits per heavy atom. The molecule has 0 aromatic carbocycles. The highest BCUT2D eigenvalue weighted by atomic mass is 19.1. The maximum atomic E-state index is 14.4. The van der Waals surface area contributed by atoms with E-state index < -0.39 is 5.67 Å². The molecule has 1 aromatic heterocycles. The van der Waals surface area contributed by atoms with E-state index in [4.69, 9.17) is 0 Å². The average Bonchev–Trinajstić information content (AvgIpc) is 2.67. The Morgan fingerprint density at radius 2 is 2.25 bits per heavy atom. The highest BCUT2D eigenvalue weighted by molar-refractivity contribution is 4.97. The molecule has 1 fully saturated rings. The average molecular weight is 226 g/mol. The summed E-state index contributed by atoms with van der Waals surface area (Å²) in [5, 5.41) is 7.30. The molecule has 1 aliphatic rings. The van der Waals surface area contributed by atoms with E-state index in [0.717, 1.165) is 31.9 Å². The minimum absolute atomic E-state index is 0.397. The zero-order valence-electron chi connectivity index (χ0n) is 9.75. The van der Waals surface area contributed by atoms with Crippen molar-refractivity contribution >= 4 is 0 Å². The first-order valence-electron chi connectivity index (χ1n) is 6.00. The second kappa shape index (κ2) is 4.91. The fraction of sp³-hybridized carbons (Fsp3) is 0.818. The zero-order chi connectivity index (χ0) is 11.4. The monoisotopic (exact) mass is 226 g/mol. The van der Waals surface area contributed by atoms with Gasteiger partial charge in [-0.3, -0.25) is 0 Å². The molecule has 1 N–H and O–H groups in total. The van der Waals surface area contributed by atoms with Crippen LogP contribution in [0.15, 0.2) is 6.33 Å². The molecule has 4 nitrogen and oxygen atoms in total. The maximum absolute atomic E-state index is 14.4. The fourth-order valence-electron chi connectivity index (χ4n) is 2.16. The van der Waals surface area contributed by atoms with E-state index in [1.165, 1.54) is 6.33 Å². The molecule has 5 heteroatoms. The first-order valence-corrected chi connectivity index (χ1v) is 6.00. The number of alkyl halides is 1. The van der Waals surface area contributed by atoms with Gasteiger partial charge in [0, 0.05) is 13.0 Å². The van der Waals surface area contributed by atoms with Crippen molar-refractivity contribution in [2.24, 2.45) is 0 Å².